The number of hydrogen-bond donors (Lipinski definition) is 1. The van der Waals surface area contributed by atoms with Crippen LogP contribution >= 0.6 is 0 Å². The molecular formula is C14H28N2. The third kappa shape index (κ3) is 2.98. The van der Waals surface area contributed by atoms with E-state index in [-0.39, 0.29) is 5.54 Å². The van der Waals surface area contributed by atoms with Crippen LogP contribution in [0, 0.1) is 5.92 Å². The Morgan fingerprint density at radius 1 is 1.19 bits per heavy atom. The van der Waals surface area contributed by atoms with Gasteiger partial charge in [-0.1, -0.05) is 26.7 Å². The fraction of sp³-hybridized carbons (Fsp3) is 1.00. The molecule has 2 aliphatic carbocycles. The molecule has 0 unspecified atom stereocenters. The Hall–Kier alpha value is -0.0800. The number of nitrogens with two attached hydrogens (primary N) is 1. The van der Waals surface area contributed by atoms with Gasteiger partial charge < -0.3 is 5.73 Å². The van der Waals surface area contributed by atoms with Gasteiger partial charge in [0, 0.05) is 24.7 Å². The molecule has 2 saturated carbocycles. The first-order chi connectivity index (χ1) is 7.59. The molecular weight excluding hydrogens is 196 g/mol. The first-order valence-corrected chi connectivity index (χ1v) is 7.12. The zero-order chi connectivity index (χ0) is 11.6. The highest BCUT2D eigenvalue weighted by Gasteiger charge is 2.36. The Bertz CT molecular complexity index is 215. The summed E-state index contributed by atoms with van der Waals surface area (Å²) in [4.78, 5) is 2.71. The Labute approximate surface area is 101 Å². The second kappa shape index (κ2) is 5.05. The molecule has 0 aromatic carbocycles. The first-order valence-electron chi connectivity index (χ1n) is 7.12. The van der Waals surface area contributed by atoms with Crippen LogP contribution in [0.5, 0.6) is 0 Å². The largest absolute Gasteiger partial charge is 0.324 e. The summed E-state index contributed by atoms with van der Waals surface area (Å²) in [5, 5.41) is 0. The van der Waals surface area contributed by atoms with E-state index in [0.717, 1.165) is 18.5 Å². The molecule has 94 valence electrons. The molecule has 0 amide bonds. The predicted molar refractivity (Wildman–Crippen MR) is 69.4 cm³/mol. The summed E-state index contributed by atoms with van der Waals surface area (Å²) in [6.07, 6.45) is 9.50. The second-order valence-electron chi connectivity index (χ2n) is 6.48. The minimum atomic E-state index is 0.164. The van der Waals surface area contributed by atoms with Crippen LogP contribution in [-0.2, 0) is 0 Å². The molecule has 2 heteroatoms. The number of nitrogens with zero attached hydrogens (tertiary/aromatic N) is 1. The van der Waals surface area contributed by atoms with E-state index in [1.165, 1.54) is 51.5 Å². The fourth-order valence-corrected chi connectivity index (χ4v) is 3.27. The summed E-state index contributed by atoms with van der Waals surface area (Å²) < 4.78 is 0. The average molecular weight is 224 g/mol. The van der Waals surface area contributed by atoms with Crippen molar-refractivity contribution in [2.24, 2.45) is 11.7 Å². The molecule has 2 fully saturated rings. The zero-order valence-corrected chi connectivity index (χ0v) is 11.0. The maximum Gasteiger partial charge on any atom is 0.0283 e. The fourth-order valence-electron chi connectivity index (χ4n) is 3.27. The minimum Gasteiger partial charge on any atom is -0.324 e. The van der Waals surface area contributed by atoms with Gasteiger partial charge in [0.25, 0.3) is 0 Å². The highest BCUT2D eigenvalue weighted by molar-refractivity contribution is 4.96. The maximum atomic E-state index is 6.41. The molecule has 0 saturated heterocycles. The van der Waals surface area contributed by atoms with Gasteiger partial charge in [0.2, 0.25) is 0 Å². The standard InChI is InChI=1S/C14H28N2/c1-12(2)10-16(13-6-3-4-7-13)11-14(15)8-5-9-14/h12-13H,3-11,15H2,1-2H3. The van der Waals surface area contributed by atoms with Gasteiger partial charge in [-0.25, -0.2) is 0 Å². The van der Waals surface area contributed by atoms with E-state index < -0.39 is 0 Å². The van der Waals surface area contributed by atoms with Crippen molar-refractivity contribution in [2.75, 3.05) is 13.1 Å². The van der Waals surface area contributed by atoms with Gasteiger partial charge in [0.1, 0.15) is 0 Å². The van der Waals surface area contributed by atoms with Crippen molar-refractivity contribution in [1.29, 1.82) is 0 Å². The molecule has 16 heavy (non-hydrogen) atoms. The van der Waals surface area contributed by atoms with E-state index in [2.05, 4.69) is 18.7 Å². The lowest BCUT2D eigenvalue weighted by Crippen LogP contribution is -2.57. The molecule has 2 aliphatic rings. The summed E-state index contributed by atoms with van der Waals surface area (Å²) >= 11 is 0. The van der Waals surface area contributed by atoms with Gasteiger partial charge in [0.05, 0.1) is 0 Å². The lowest BCUT2D eigenvalue weighted by Gasteiger charge is -2.44. The lowest BCUT2D eigenvalue weighted by atomic mass is 9.77. The van der Waals surface area contributed by atoms with Gasteiger partial charge in [-0.2, -0.15) is 0 Å². The normalized spacial score (nSPS) is 25.3. The molecule has 0 spiro atoms. The van der Waals surface area contributed by atoms with Crippen LogP contribution in [-0.4, -0.2) is 29.6 Å². The van der Waals surface area contributed by atoms with Gasteiger partial charge >= 0.3 is 0 Å². The molecule has 0 radical (unpaired) electrons. The van der Waals surface area contributed by atoms with Gasteiger partial charge in [-0.3, -0.25) is 4.90 Å². The highest BCUT2D eigenvalue weighted by Crippen LogP contribution is 2.33. The van der Waals surface area contributed by atoms with Crippen LogP contribution in [0.2, 0.25) is 0 Å². The third-order valence-corrected chi connectivity index (χ3v) is 4.31. The second-order valence-corrected chi connectivity index (χ2v) is 6.48. The average Bonchev–Trinajstić information content (AvgIpc) is 2.66. The topological polar surface area (TPSA) is 29.3 Å². The summed E-state index contributed by atoms with van der Waals surface area (Å²) in [6, 6.07) is 0.837. The Morgan fingerprint density at radius 3 is 2.25 bits per heavy atom. The number of hydrogen-bond acceptors (Lipinski definition) is 2. The molecule has 2 N–H and O–H groups in total. The van der Waals surface area contributed by atoms with E-state index in [1.54, 1.807) is 0 Å². The van der Waals surface area contributed by atoms with Crippen LogP contribution in [0.15, 0.2) is 0 Å². The van der Waals surface area contributed by atoms with Crippen LogP contribution in [0.1, 0.15) is 58.8 Å². The van der Waals surface area contributed by atoms with Gasteiger partial charge in [-0.05, 0) is 38.0 Å². The van der Waals surface area contributed by atoms with E-state index in [1.807, 2.05) is 0 Å². The lowest BCUT2D eigenvalue weighted by molar-refractivity contribution is 0.0986. The molecule has 0 aromatic rings. The van der Waals surface area contributed by atoms with Crippen molar-refractivity contribution in [3.63, 3.8) is 0 Å². The predicted octanol–water partition coefficient (Wildman–Crippen LogP) is 2.77. The summed E-state index contributed by atoms with van der Waals surface area (Å²) in [5.74, 6) is 0.768. The Morgan fingerprint density at radius 2 is 1.81 bits per heavy atom. The van der Waals surface area contributed by atoms with Crippen LogP contribution < -0.4 is 5.73 Å². The van der Waals surface area contributed by atoms with Crippen molar-refractivity contribution in [3.05, 3.63) is 0 Å². The van der Waals surface area contributed by atoms with Crippen LogP contribution in [0.3, 0.4) is 0 Å². The molecule has 0 atom stereocenters. The van der Waals surface area contributed by atoms with Gasteiger partial charge in [-0.15, -0.1) is 0 Å². The van der Waals surface area contributed by atoms with E-state index in [0.29, 0.717) is 0 Å². The van der Waals surface area contributed by atoms with Crippen LogP contribution in [0.4, 0.5) is 0 Å². The highest BCUT2D eigenvalue weighted by atomic mass is 15.2. The summed E-state index contributed by atoms with van der Waals surface area (Å²) in [7, 11) is 0. The summed E-state index contributed by atoms with van der Waals surface area (Å²) in [6.45, 7) is 7.04. The Balaban J connectivity index is 1.90. The van der Waals surface area contributed by atoms with E-state index in [9.17, 15) is 0 Å². The minimum absolute atomic E-state index is 0.164. The molecule has 0 bridgehead atoms. The molecule has 0 aliphatic heterocycles. The first kappa shape index (κ1) is 12.4. The molecule has 0 aromatic heterocycles. The SMILES string of the molecule is CC(C)CN(CC1(N)CCC1)C1CCCC1. The van der Waals surface area contributed by atoms with E-state index in [4.69, 9.17) is 5.73 Å². The monoisotopic (exact) mass is 224 g/mol. The Kier molecular flexibility index (Phi) is 3.91. The van der Waals surface area contributed by atoms with Crippen molar-refractivity contribution in [1.82, 2.24) is 4.90 Å². The molecule has 2 nitrogen and oxygen atoms in total. The number of rotatable bonds is 5. The van der Waals surface area contributed by atoms with Crippen molar-refractivity contribution < 1.29 is 0 Å². The molecule has 0 heterocycles. The molecule has 2 rings (SSSR count). The van der Waals surface area contributed by atoms with Crippen molar-refractivity contribution in [3.8, 4) is 0 Å². The van der Waals surface area contributed by atoms with Gasteiger partial charge in [0.15, 0.2) is 0 Å². The van der Waals surface area contributed by atoms with Crippen molar-refractivity contribution in [2.45, 2.75) is 70.4 Å². The maximum absolute atomic E-state index is 6.41. The summed E-state index contributed by atoms with van der Waals surface area (Å²) in [5.41, 5.74) is 6.57. The zero-order valence-electron chi connectivity index (χ0n) is 11.0. The van der Waals surface area contributed by atoms with Crippen LogP contribution in [0.25, 0.3) is 0 Å². The van der Waals surface area contributed by atoms with Crippen molar-refractivity contribution >= 4 is 0 Å². The third-order valence-electron chi connectivity index (χ3n) is 4.31. The quantitative estimate of drug-likeness (QED) is 0.778. The smallest absolute Gasteiger partial charge is 0.0283 e. The van der Waals surface area contributed by atoms with E-state index >= 15 is 0 Å².